The third kappa shape index (κ3) is 3.82. The summed E-state index contributed by atoms with van der Waals surface area (Å²) in [6.45, 7) is 7.60. The Bertz CT molecular complexity index is 752. The van der Waals surface area contributed by atoms with Gasteiger partial charge in [-0.25, -0.2) is 4.79 Å². The van der Waals surface area contributed by atoms with Crippen molar-refractivity contribution < 1.29 is 19.4 Å². The summed E-state index contributed by atoms with van der Waals surface area (Å²) in [7, 11) is 3.29. The van der Waals surface area contributed by atoms with Crippen LogP contribution in [0.5, 0.6) is 0 Å². The van der Waals surface area contributed by atoms with Crippen molar-refractivity contribution in [3.05, 3.63) is 23.8 Å². The van der Waals surface area contributed by atoms with Gasteiger partial charge in [0.1, 0.15) is 0 Å². The molecule has 4 aliphatic carbocycles. The molecule has 1 N–H and O–H groups in total. The average molecular weight is 431 g/mol. The zero-order chi connectivity index (χ0) is 22.4. The summed E-state index contributed by atoms with van der Waals surface area (Å²) < 4.78 is 10.6. The van der Waals surface area contributed by atoms with Crippen LogP contribution >= 0.6 is 0 Å². The van der Waals surface area contributed by atoms with Crippen LogP contribution < -0.4 is 0 Å². The third-order valence-electron chi connectivity index (χ3n) is 9.95. The molecule has 0 aromatic rings. The number of fused-ring (bicyclic) bond motifs is 5. The number of rotatable bonds is 5. The Kier molecular flexibility index (Phi) is 6.20. The van der Waals surface area contributed by atoms with Crippen LogP contribution in [0.4, 0.5) is 0 Å². The summed E-state index contributed by atoms with van der Waals surface area (Å²) in [5, 5.41) is 10.8. The fourth-order valence-electron chi connectivity index (χ4n) is 8.47. The number of carbonyl (C=O) groups excluding carboxylic acids is 1. The van der Waals surface area contributed by atoms with Gasteiger partial charge in [0.05, 0.1) is 19.3 Å². The van der Waals surface area contributed by atoms with Crippen LogP contribution in [0.3, 0.4) is 0 Å². The van der Waals surface area contributed by atoms with Gasteiger partial charge in [-0.2, -0.15) is 0 Å². The average Bonchev–Trinajstić information content (AvgIpc) is 3.09. The first-order valence-corrected chi connectivity index (χ1v) is 12.3. The summed E-state index contributed by atoms with van der Waals surface area (Å²) in [5.41, 5.74) is 1.36. The van der Waals surface area contributed by atoms with E-state index < -0.39 is 5.60 Å². The van der Waals surface area contributed by atoms with E-state index in [4.69, 9.17) is 9.47 Å². The lowest BCUT2D eigenvalue weighted by molar-refractivity contribution is -0.134. The maximum Gasteiger partial charge on any atom is 0.330 e. The standard InChI is InChI=1S/C27H42O4/c1-18(6-11-24(28)31-5)21-9-10-22-20-8-7-19-16-25(2,29)14-15-27(19,17-30-4)23(20)12-13-26(21,22)3/h6-7,11,18,20-23,29H,8-10,12-17H2,1-5H3/b11-6+/t18-,20+,21?,22+,23+,25+,26-,27-/m1/s1. The van der Waals surface area contributed by atoms with Crippen molar-refractivity contribution in [3.8, 4) is 0 Å². The predicted octanol–water partition coefficient (Wildman–Crippen LogP) is 5.31. The molecule has 174 valence electrons. The lowest BCUT2D eigenvalue weighted by Crippen LogP contribution is -2.54. The van der Waals surface area contributed by atoms with Crippen LogP contribution in [0.15, 0.2) is 23.8 Å². The molecule has 0 saturated heterocycles. The summed E-state index contributed by atoms with van der Waals surface area (Å²) in [4.78, 5) is 11.6. The number of hydrogen-bond donors (Lipinski definition) is 1. The van der Waals surface area contributed by atoms with Crippen molar-refractivity contribution >= 4 is 5.97 Å². The molecule has 1 unspecified atom stereocenters. The second-order valence-corrected chi connectivity index (χ2v) is 11.6. The molecule has 3 fully saturated rings. The SMILES string of the molecule is COC[C@]12CC[C@](C)(O)CC1=CC[C@@H]1[C@@H]2CC[C@]2(C)C([C@H](C)/C=C/C(=O)OC)CC[C@@H]12. The van der Waals surface area contributed by atoms with Gasteiger partial charge < -0.3 is 14.6 Å². The summed E-state index contributed by atoms with van der Waals surface area (Å²) in [6, 6.07) is 0. The molecule has 4 nitrogen and oxygen atoms in total. The number of esters is 1. The van der Waals surface area contributed by atoms with Gasteiger partial charge in [-0.3, -0.25) is 0 Å². The van der Waals surface area contributed by atoms with E-state index in [1.165, 1.54) is 38.4 Å². The minimum atomic E-state index is -0.570. The van der Waals surface area contributed by atoms with E-state index >= 15 is 0 Å². The Labute approximate surface area is 188 Å². The Morgan fingerprint density at radius 2 is 1.97 bits per heavy atom. The van der Waals surface area contributed by atoms with Crippen LogP contribution in [0.25, 0.3) is 0 Å². The highest BCUT2D eigenvalue weighted by atomic mass is 16.5. The Morgan fingerprint density at radius 1 is 1.19 bits per heavy atom. The van der Waals surface area contributed by atoms with Crippen molar-refractivity contribution in [3.63, 3.8) is 0 Å². The molecule has 4 aliphatic rings. The van der Waals surface area contributed by atoms with Gasteiger partial charge in [0.15, 0.2) is 0 Å². The number of methoxy groups -OCH3 is 2. The van der Waals surface area contributed by atoms with Crippen LogP contribution in [0.2, 0.25) is 0 Å². The Morgan fingerprint density at radius 3 is 2.68 bits per heavy atom. The van der Waals surface area contributed by atoms with Crippen LogP contribution in [0, 0.1) is 40.4 Å². The largest absolute Gasteiger partial charge is 0.466 e. The van der Waals surface area contributed by atoms with Crippen LogP contribution in [-0.2, 0) is 14.3 Å². The summed E-state index contributed by atoms with van der Waals surface area (Å²) in [6.07, 6.45) is 15.1. The minimum absolute atomic E-state index is 0.121. The molecule has 0 radical (unpaired) electrons. The Balaban J connectivity index is 1.59. The third-order valence-corrected chi connectivity index (χ3v) is 9.95. The van der Waals surface area contributed by atoms with E-state index in [1.807, 2.05) is 14.0 Å². The molecule has 0 bridgehead atoms. The normalized spacial score (nSPS) is 45.4. The second-order valence-electron chi connectivity index (χ2n) is 11.6. The van der Waals surface area contributed by atoms with E-state index in [0.717, 1.165) is 38.2 Å². The molecule has 0 heterocycles. The molecule has 31 heavy (non-hydrogen) atoms. The van der Waals surface area contributed by atoms with Gasteiger partial charge in [-0.1, -0.05) is 31.6 Å². The van der Waals surface area contributed by atoms with Crippen molar-refractivity contribution in [1.82, 2.24) is 0 Å². The molecule has 3 saturated carbocycles. The van der Waals surface area contributed by atoms with Gasteiger partial charge >= 0.3 is 5.97 Å². The molecular weight excluding hydrogens is 388 g/mol. The quantitative estimate of drug-likeness (QED) is 0.365. The molecule has 8 atom stereocenters. The summed E-state index contributed by atoms with van der Waals surface area (Å²) >= 11 is 0. The van der Waals surface area contributed by atoms with Gasteiger partial charge in [0, 0.05) is 18.6 Å². The molecule has 4 rings (SSSR count). The van der Waals surface area contributed by atoms with E-state index in [0.29, 0.717) is 29.1 Å². The predicted molar refractivity (Wildman–Crippen MR) is 122 cm³/mol. The minimum Gasteiger partial charge on any atom is -0.466 e. The number of carbonyl (C=O) groups is 1. The van der Waals surface area contributed by atoms with E-state index in [-0.39, 0.29) is 11.4 Å². The van der Waals surface area contributed by atoms with Crippen molar-refractivity contribution in [2.24, 2.45) is 40.4 Å². The monoisotopic (exact) mass is 430 g/mol. The molecule has 0 aliphatic heterocycles. The van der Waals surface area contributed by atoms with Gasteiger partial charge in [-0.15, -0.1) is 0 Å². The number of ether oxygens (including phenoxy) is 2. The smallest absolute Gasteiger partial charge is 0.330 e. The van der Waals surface area contributed by atoms with Gasteiger partial charge in [0.2, 0.25) is 0 Å². The first kappa shape index (κ1) is 23.0. The van der Waals surface area contributed by atoms with E-state index in [9.17, 15) is 9.90 Å². The highest BCUT2D eigenvalue weighted by molar-refractivity contribution is 5.81. The first-order chi connectivity index (χ1) is 14.7. The number of hydrogen-bond acceptors (Lipinski definition) is 4. The lowest BCUT2D eigenvalue weighted by atomic mass is 9.46. The maximum atomic E-state index is 11.6. The second kappa shape index (κ2) is 8.33. The number of allylic oxidation sites excluding steroid dienone is 2. The van der Waals surface area contributed by atoms with Crippen LogP contribution in [-0.4, -0.2) is 37.5 Å². The van der Waals surface area contributed by atoms with E-state index in [2.05, 4.69) is 26.0 Å². The fourth-order valence-corrected chi connectivity index (χ4v) is 8.47. The molecular formula is C27H42O4. The first-order valence-electron chi connectivity index (χ1n) is 12.3. The topological polar surface area (TPSA) is 55.8 Å². The number of aliphatic hydroxyl groups is 1. The van der Waals surface area contributed by atoms with Crippen molar-refractivity contribution in [2.75, 3.05) is 20.8 Å². The fraction of sp³-hybridized carbons (Fsp3) is 0.815. The maximum absolute atomic E-state index is 11.6. The zero-order valence-electron chi connectivity index (χ0n) is 20.2. The van der Waals surface area contributed by atoms with Crippen LogP contribution in [0.1, 0.15) is 72.1 Å². The summed E-state index contributed by atoms with van der Waals surface area (Å²) in [5.74, 6) is 2.87. The molecule has 0 spiro atoms. The van der Waals surface area contributed by atoms with Crippen molar-refractivity contribution in [1.29, 1.82) is 0 Å². The Hall–Kier alpha value is -1.13. The lowest BCUT2D eigenvalue weighted by Gasteiger charge is -2.60. The highest BCUT2D eigenvalue weighted by Crippen LogP contribution is 2.67. The molecule has 0 aromatic carbocycles. The van der Waals surface area contributed by atoms with E-state index in [1.54, 1.807) is 6.08 Å². The molecule has 4 heteroatoms. The van der Waals surface area contributed by atoms with Crippen molar-refractivity contribution in [2.45, 2.75) is 77.7 Å². The highest BCUT2D eigenvalue weighted by Gasteiger charge is 2.60. The molecule has 0 aromatic heterocycles. The van der Waals surface area contributed by atoms with Gasteiger partial charge in [-0.05, 0) is 93.3 Å². The van der Waals surface area contributed by atoms with Gasteiger partial charge in [0.25, 0.3) is 0 Å². The zero-order valence-corrected chi connectivity index (χ0v) is 20.2. The molecule has 0 amide bonds.